The van der Waals surface area contributed by atoms with Crippen LogP contribution in [0.5, 0.6) is 0 Å². The molecule has 25 heavy (non-hydrogen) atoms. The number of piperazine rings is 1. The summed E-state index contributed by atoms with van der Waals surface area (Å²) in [6, 6.07) is 3.46. The fraction of sp³-hybridized carbons (Fsp3) is 0.667. The fourth-order valence-electron chi connectivity index (χ4n) is 3.08. The van der Waals surface area contributed by atoms with Crippen molar-refractivity contribution in [3.8, 4) is 0 Å². The lowest BCUT2D eigenvalue weighted by Gasteiger charge is -2.36. The van der Waals surface area contributed by atoms with Crippen molar-refractivity contribution in [2.75, 3.05) is 59.4 Å². The van der Waals surface area contributed by atoms with Gasteiger partial charge in [-0.1, -0.05) is 13.8 Å². The molecule has 0 spiro atoms. The van der Waals surface area contributed by atoms with Gasteiger partial charge in [-0.25, -0.2) is 0 Å². The number of amides is 1. The molecule has 1 saturated heterocycles. The molecule has 0 saturated carbocycles. The SMILES string of the molecule is CCCN(CC)CCNC(=NC)N1CCN(C(=O)c2ccco2)CC1. The van der Waals surface area contributed by atoms with E-state index in [9.17, 15) is 4.79 Å². The second-order valence-electron chi connectivity index (χ2n) is 6.16. The number of carbonyl (C=O) groups is 1. The molecule has 0 aromatic carbocycles. The largest absolute Gasteiger partial charge is 0.459 e. The van der Waals surface area contributed by atoms with Crippen LogP contribution < -0.4 is 5.32 Å². The van der Waals surface area contributed by atoms with Gasteiger partial charge in [0.2, 0.25) is 0 Å². The highest BCUT2D eigenvalue weighted by atomic mass is 16.3. The Bertz CT molecular complexity index is 536. The number of nitrogens with one attached hydrogen (secondary N) is 1. The molecule has 2 rings (SSSR count). The van der Waals surface area contributed by atoms with Crippen molar-refractivity contribution < 1.29 is 9.21 Å². The van der Waals surface area contributed by atoms with Gasteiger partial charge in [-0.15, -0.1) is 0 Å². The van der Waals surface area contributed by atoms with Gasteiger partial charge in [-0.3, -0.25) is 9.79 Å². The normalized spacial score (nSPS) is 15.8. The molecular weight excluding hydrogens is 318 g/mol. The van der Waals surface area contributed by atoms with Crippen molar-refractivity contribution in [1.29, 1.82) is 0 Å². The van der Waals surface area contributed by atoms with Gasteiger partial charge in [0.25, 0.3) is 5.91 Å². The summed E-state index contributed by atoms with van der Waals surface area (Å²) in [5.74, 6) is 1.29. The Morgan fingerprint density at radius 3 is 2.52 bits per heavy atom. The summed E-state index contributed by atoms with van der Waals surface area (Å²) < 4.78 is 5.20. The van der Waals surface area contributed by atoms with Crippen molar-refractivity contribution in [3.05, 3.63) is 24.2 Å². The minimum atomic E-state index is -0.0363. The average Bonchev–Trinajstić information content (AvgIpc) is 3.18. The van der Waals surface area contributed by atoms with Gasteiger partial charge in [-0.05, 0) is 31.6 Å². The summed E-state index contributed by atoms with van der Waals surface area (Å²) in [5.41, 5.74) is 0. The number of likely N-dealkylation sites (N-methyl/N-ethyl adjacent to an activating group) is 1. The maximum absolute atomic E-state index is 12.3. The highest BCUT2D eigenvalue weighted by molar-refractivity contribution is 5.91. The minimum absolute atomic E-state index is 0.0363. The molecule has 0 atom stereocenters. The van der Waals surface area contributed by atoms with E-state index in [1.54, 1.807) is 12.1 Å². The van der Waals surface area contributed by atoms with Gasteiger partial charge in [0.1, 0.15) is 0 Å². The van der Waals surface area contributed by atoms with Crippen molar-refractivity contribution in [2.45, 2.75) is 20.3 Å². The molecule has 1 aromatic heterocycles. The number of rotatable bonds is 7. The Labute approximate surface area is 150 Å². The van der Waals surface area contributed by atoms with Gasteiger partial charge in [0, 0.05) is 46.3 Å². The van der Waals surface area contributed by atoms with Crippen LogP contribution in [-0.4, -0.2) is 86.0 Å². The number of nitrogens with zero attached hydrogens (tertiary/aromatic N) is 4. The fourth-order valence-corrected chi connectivity index (χ4v) is 3.08. The van der Waals surface area contributed by atoms with Crippen molar-refractivity contribution in [2.24, 2.45) is 4.99 Å². The smallest absolute Gasteiger partial charge is 0.289 e. The van der Waals surface area contributed by atoms with Crippen LogP contribution in [0.3, 0.4) is 0 Å². The number of guanidine groups is 1. The van der Waals surface area contributed by atoms with E-state index < -0.39 is 0 Å². The van der Waals surface area contributed by atoms with Crippen molar-refractivity contribution in [1.82, 2.24) is 20.0 Å². The summed E-state index contributed by atoms with van der Waals surface area (Å²) in [7, 11) is 1.81. The zero-order valence-electron chi connectivity index (χ0n) is 15.7. The summed E-state index contributed by atoms with van der Waals surface area (Å²) in [6.07, 6.45) is 2.71. The Morgan fingerprint density at radius 1 is 1.24 bits per heavy atom. The van der Waals surface area contributed by atoms with Crippen LogP contribution in [-0.2, 0) is 0 Å². The lowest BCUT2D eigenvalue weighted by molar-refractivity contribution is 0.0657. The number of hydrogen-bond donors (Lipinski definition) is 1. The summed E-state index contributed by atoms with van der Waals surface area (Å²) in [6.45, 7) is 11.4. The molecule has 0 aliphatic carbocycles. The molecular formula is C18H31N5O2. The third-order valence-electron chi connectivity index (χ3n) is 4.51. The van der Waals surface area contributed by atoms with Crippen LogP contribution in [0.2, 0.25) is 0 Å². The minimum Gasteiger partial charge on any atom is -0.459 e. The lowest BCUT2D eigenvalue weighted by Crippen LogP contribution is -2.54. The third kappa shape index (κ3) is 5.49. The first kappa shape index (κ1) is 19.3. The predicted molar refractivity (Wildman–Crippen MR) is 100.0 cm³/mol. The van der Waals surface area contributed by atoms with E-state index in [4.69, 9.17) is 4.42 Å². The standard InChI is InChI=1S/C18H31N5O2/c1-4-9-21(5-2)10-8-20-18(19-3)23-13-11-22(12-14-23)17(24)16-7-6-15-25-16/h6-7,15H,4-5,8-14H2,1-3H3,(H,19,20). The summed E-state index contributed by atoms with van der Waals surface area (Å²) in [5, 5.41) is 3.45. The van der Waals surface area contributed by atoms with Gasteiger partial charge in [0.05, 0.1) is 6.26 Å². The zero-order chi connectivity index (χ0) is 18.1. The second kappa shape index (κ2) is 10.1. The Balaban J connectivity index is 1.77. The van der Waals surface area contributed by atoms with E-state index >= 15 is 0 Å². The third-order valence-corrected chi connectivity index (χ3v) is 4.51. The molecule has 1 amide bonds. The molecule has 1 N–H and O–H groups in total. The first-order valence-electron chi connectivity index (χ1n) is 9.20. The van der Waals surface area contributed by atoms with E-state index in [2.05, 4.69) is 34.0 Å². The van der Waals surface area contributed by atoms with E-state index in [0.717, 1.165) is 45.2 Å². The lowest BCUT2D eigenvalue weighted by atomic mass is 10.3. The molecule has 1 aromatic rings. The summed E-state index contributed by atoms with van der Waals surface area (Å²) in [4.78, 5) is 23.2. The van der Waals surface area contributed by atoms with Gasteiger partial charge in [-0.2, -0.15) is 0 Å². The topological polar surface area (TPSA) is 64.3 Å². The van der Waals surface area contributed by atoms with Gasteiger partial charge < -0.3 is 24.4 Å². The van der Waals surface area contributed by atoms with Gasteiger partial charge >= 0.3 is 0 Å². The van der Waals surface area contributed by atoms with Crippen LogP contribution in [0.1, 0.15) is 30.8 Å². The molecule has 0 radical (unpaired) electrons. The molecule has 7 nitrogen and oxygen atoms in total. The molecule has 2 heterocycles. The van der Waals surface area contributed by atoms with Crippen LogP contribution >= 0.6 is 0 Å². The number of carbonyl (C=O) groups excluding carboxylic acids is 1. The summed E-state index contributed by atoms with van der Waals surface area (Å²) >= 11 is 0. The van der Waals surface area contributed by atoms with Crippen LogP contribution in [0.15, 0.2) is 27.8 Å². The molecule has 140 valence electrons. The zero-order valence-corrected chi connectivity index (χ0v) is 15.7. The van der Waals surface area contributed by atoms with Crippen LogP contribution in [0.4, 0.5) is 0 Å². The first-order chi connectivity index (χ1) is 12.2. The number of aliphatic imine (C=N–C) groups is 1. The average molecular weight is 349 g/mol. The van der Waals surface area contributed by atoms with E-state index in [-0.39, 0.29) is 5.91 Å². The molecule has 1 aliphatic rings. The Hall–Kier alpha value is -2.02. The van der Waals surface area contributed by atoms with Gasteiger partial charge in [0.15, 0.2) is 11.7 Å². The number of furan rings is 1. The highest BCUT2D eigenvalue weighted by Crippen LogP contribution is 2.09. The highest BCUT2D eigenvalue weighted by Gasteiger charge is 2.25. The second-order valence-corrected chi connectivity index (χ2v) is 6.16. The molecule has 0 bridgehead atoms. The van der Waals surface area contributed by atoms with E-state index in [1.807, 2.05) is 11.9 Å². The monoisotopic (exact) mass is 349 g/mol. The number of hydrogen-bond acceptors (Lipinski definition) is 4. The maximum Gasteiger partial charge on any atom is 0.289 e. The van der Waals surface area contributed by atoms with Crippen molar-refractivity contribution >= 4 is 11.9 Å². The Kier molecular flexibility index (Phi) is 7.78. The van der Waals surface area contributed by atoms with Crippen molar-refractivity contribution in [3.63, 3.8) is 0 Å². The maximum atomic E-state index is 12.3. The molecule has 1 fully saturated rings. The van der Waals surface area contributed by atoms with Crippen LogP contribution in [0, 0.1) is 0 Å². The molecule has 1 aliphatic heterocycles. The first-order valence-corrected chi connectivity index (χ1v) is 9.20. The Morgan fingerprint density at radius 2 is 1.96 bits per heavy atom. The van der Waals surface area contributed by atoms with E-state index in [1.165, 1.54) is 12.7 Å². The van der Waals surface area contributed by atoms with Crippen LogP contribution in [0.25, 0.3) is 0 Å². The van der Waals surface area contributed by atoms with E-state index in [0.29, 0.717) is 18.8 Å². The molecule has 7 heteroatoms. The predicted octanol–water partition coefficient (Wildman–Crippen LogP) is 1.34. The quantitative estimate of drug-likeness (QED) is 0.595. The molecule has 0 unspecified atom stereocenters.